The Morgan fingerprint density at radius 2 is 2.10 bits per heavy atom. The predicted octanol–water partition coefficient (Wildman–Crippen LogP) is 2.48. The van der Waals surface area contributed by atoms with Gasteiger partial charge in [0.2, 0.25) is 0 Å². The van der Waals surface area contributed by atoms with Crippen molar-refractivity contribution in [1.82, 2.24) is 4.98 Å². The number of aromatic carboxylic acids is 1. The van der Waals surface area contributed by atoms with Crippen molar-refractivity contribution < 1.29 is 14.6 Å². The molecule has 0 amide bonds. The lowest BCUT2D eigenvalue weighted by atomic mass is 9.93. The number of carbonyl (C=O) groups is 1. The third-order valence-electron chi connectivity index (χ3n) is 3.94. The summed E-state index contributed by atoms with van der Waals surface area (Å²) in [5, 5.41) is 9.02. The van der Waals surface area contributed by atoms with Gasteiger partial charge in [-0.25, -0.2) is 9.78 Å². The SMILES string of the molecule is CCOC1(C)CCN(c2ccc(C(=O)O)c(C)n2)CC1. The van der Waals surface area contributed by atoms with E-state index in [1.807, 2.05) is 6.92 Å². The van der Waals surface area contributed by atoms with Crippen molar-refractivity contribution in [3.05, 3.63) is 23.4 Å². The van der Waals surface area contributed by atoms with E-state index in [0.29, 0.717) is 5.69 Å². The highest BCUT2D eigenvalue weighted by molar-refractivity contribution is 5.89. The number of hydrogen-bond donors (Lipinski definition) is 1. The van der Waals surface area contributed by atoms with Gasteiger partial charge in [0.1, 0.15) is 5.82 Å². The fraction of sp³-hybridized carbons (Fsp3) is 0.600. The molecule has 110 valence electrons. The van der Waals surface area contributed by atoms with Gasteiger partial charge in [-0.15, -0.1) is 0 Å². The number of aromatic nitrogens is 1. The molecule has 0 radical (unpaired) electrons. The lowest BCUT2D eigenvalue weighted by Crippen LogP contribution is -2.44. The number of pyridine rings is 1. The number of ether oxygens (including phenoxy) is 1. The van der Waals surface area contributed by atoms with E-state index in [9.17, 15) is 4.79 Å². The van der Waals surface area contributed by atoms with Crippen molar-refractivity contribution in [2.75, 3.05) is 24.6 Å². The Kier molecular flexibility index (Phi) is 4.28. The van der Waals surface area contributed by atoms with E-state index in [1.54, 1.807) is 19.1 Å². The topological polar surface area (TPSA) is 62.7 Å². The molecule has 1 aliphatic heterocycles. The number of carboxylic acids is 1. The summed E-state index contributed by atoms with van der Waals surface area (Å²) in [7, 11) is 0. The minimum absolute atomic E-state index is 0.0404. The highest BCUT2D eigenvalue weighted by Crippen LogP contribution is 2.28. The van der Waals surface area contributed by atoms with Crippen LogP contribution < -0.4 is 4.90 Å². The highest BCUT2D eigenvalue weighted by atomic mass is 16.5. The second-order valence-corrected chi connectivity index (χ2v) is 5.48. The van der Waals surface area contributed by atoms with Crippen LogP contribution in [0.4, 0.5) is 5.82 Å². The first-order valence-corrected chi connectivity index (χ1v) is 7.05. The van der Waals surface area contributed by atoms with Crippen LogP contribution in [0.25, 0.3) is 0 Å². The van der Waals surface area contributed by atoms with Crippen molar-refractivity contribution in [2.45, 2.75) is 39.2 Å². The molecular formula is C15H22N2O3. The van der Waals surface area contributed by atoms with E-state index >= 15 is 0 Å². The monoisotopic (exact) mass is 278 g/mol. The average Bonchev–Trinajstić information content (AvgIpc) is 2.39. The zero-order valence-electron chi connectivity index (χ0n) is 12.3. The van der Waals surface area contributed by atoms with Gasteiger partial charge in [0, 0.05) is 19.7 Å². The van der Waals surface area contributed by atoms with Crippen molar-refractivity contribution in [2.24, 2.45) is 0 Å². The van der Waals surface area contributed by atoms with Gasteiger partial charge < -0.3 is 14.7 Å². The minimum Gasteiger partial charge on any atom is -0.478 e. The summed E-state index contributed by atoms with van der Waals surface area (Å²) in [5.41, 5.74) is 0.791. The standard InChI is InChI=1S/C15H22N2O3/c1-4-20-15(3)7-9-17(10-8-15)13-6-5-12(14(18)19)11(2)16-13/h5-6H,4,7-10H2,1-3H3,(H,18,19). The van der Waals surface area contributed by atoms with E-state index in [4.69, 9.17) is 9.84 Å². The molecule has 0 unspecified atom stereocenters. The third kappa shape index (κ3) is 3.10. The maximum atomic E-state index is 11.0. The molecule has 0 spiro atoms. The van der Waals surface area contributed by atoms with Crippen LogP contribution in [-0.2, 0) is 4.74 Å². The Balaban J connectivity index is 2.07. The average molecular weight is 278 g/mol. The van der Waals surface area contributed by atoms with Crippen LogP contribution in [0.3, 0.4) is 0 Å². The Morgan fingerprint density at radius 1 is 1.45 bits per heavy atom. The van der Waals surface area contributed by atoms with Gasteiger partial charge >= 0.3 is 5.97 Å². The van der Waals surface area contributed by atoms with Crippen LogP contribution >= 0.6 is 0 Å². The maximum absolute atomic E-state index is 11.0. The molecule has 1 aromatic rings. The third-order valence-corrected chi connectivity index (χ3v) is 3.94. The van der Waals surface area contributed by atoms with Crippen molar-refractivity contribution in [1.29, 1.82) is 0 Å². The van der Waals surface area contributed by atoms with E-state index in [-0.39, 0.29) is 11.2 Å². The van der Waals surface area contributed by atoms with Gasteiger partial charge in [0.15, 0.2) is 0 Å². The fourth-order valence-electron chi connectivity index (χ4n) is 2.65. The molecule has 0 saturated carbocycles. The summed E-state index contributed by atoms with van der Waals surface area (Å²) in [6, 6.07) is 3.43. The van der Waals surface area contributed by atoms with E-state index in [0.717, 1.165) is 38.4 Å². The molecule has 1 fully saturated rings. The molecule has 0 aliphatic carbocycles. The highest BCUT2D eigenvalue weighted by Gasteiger charge is 2.31. The first kappa shape index (κ1) is 14.8. The van der Waals surface area contributed by atoms with Crippen LogP contribution in [0, 0.1) is 6.92 Å². The van der Waals surface area contributed by atoms with E-state index < -0.39 is 5.97 Å². The van der Waals surface area contributed by atoms with Crippen molar-refractivity contribution in [3.63, 3.8) is 0 Å². The summed E-state index contributed by atoms with van der Waals surface area (Å²) in [5.74, 6) is -0.0739. The van der Waals surface area contributed by atoms with E-state index in [2.05, 4.69) is 16.8 Å². The Bertz CT molecular complexity index is 494. The molecule has 0 aromatic carbocycles. The van der Waals surface area contributed by atoms with Crippen LogP contribution in [0.1, 0.15) is 42.7 Å². The summed E-state index contributed by atoms with van der Waals surface area (Å²) in [4.78, 5) is 17.6. The van der Waals surface area contributed by atoms with Gasteiger partial charge in [-0.2, -0.15) is 0 Å². The summed E-state index contributed by atoms with van der Waals surface area (Å²) in [6.07, 6.45) is 1.92. The molecule has 1 saturated heterocycles. The van der Waals surface area contributed by atoms with Crippen LogP contribution in [0.15, 0.2) is 12.1 Å². The lowest BCUT2D eigenvalue weighted by molar-refractivity contribution is -0.0414. The smallest absolute Gasteiger partial charge is 0.337 e. The molecule has 0 bridgehead atoms. The first-order chi connectivity index (χ1) is 9.45. The van der Waals surface area contributed by atoms with E-state index in [1.165, 1.54) is 0 Å². The van der Waals surface area contributed by atoms with Crippen LogP contribution in [0.5, 0.6) is 0 Å². The molecule has 5 heteroatoms. The summed E-state index contributed by atoms with van der Waals surface area (Å²) in [6.45, 7) is 8.42. The number of hydrogen-bond acceptors (Lipinski definition) is 4. The Labute approximate surface area is 119 Å². The Hall–Kier alpha value is -1.62. The van der Waals surface area contributed by atoms with Gasteiger partial charge in [-0.1, -0.05) is 0 Å². The maximum Gasteiger partial charge on any atom is 0.337 e. The van der Waals surface area contributed by atoms with Crippen molar-refractivity contribution >= 4 is 11.8 Å². The van der Waals surface area contributed by atoms with Gasteiger partial charge in [0.05, 0.1) is 16.9 Å². The number of rotatable bonds is 4. The summed E-state index contributed by atoms with van der Waals surface area (Å²) < 4.78 is 5.80. The first-order valence-electron chi connectivity index (χ1n) is 7.05. The molecule has 2 heterocycles. The molecule has 0 atom stereocenters. The lowest BCUT2D eigenvalue weighted by Gasteiger charge is -2.39. The summed E-state index contributed by atoms with van der Waals surface area (Å²) >= 11 is 0. The second-order valence-electron chi connectivity index (χ2n) is 5.48. The number of nitrogens with zero attached hydrogens (tertiary/aromatic N) is 2. The zero-order valence-corrected chi connectivity index (χ0v) is 12.3. The fourth-order valence-corrected chi connectivity index (χ4v) is 2.65. The number of aryl methyl sites for hydroxylation is 1. The number of carboxylic acid groups (broad SMARTS) is 1. The second kappa shape index (κ2) is 5.79. The molecule has 1 N–H and O–H groups in total. The molecule has 2 rings (SSSR count). The number of piperidine rings is 1. The van der Waals surface area contributed by atoms with Gasteiger partial charge in [-0.05, 0) is 45.7 Å². The molecule has 20 heavy (non-hydrogen) atoms. The van der Waals surface area contributed by atoms with Crippen LogP contribution in [0.2, 0.25) is 0 Å². The quantitative estimate of drug-likeness (QED) is 0.916. The van der Waals surface area contributed by atoms with Crippen LogP contribution in [-0.4, -0.2) is 41.4 Å². The van der Waals surface area contributed by atoms with Crippen molar-refractivity contribution in [3.8, 4) is 0 Å². The van der Waals surface area contributed by atoms with Gasteiger partial charge in [-0.3, -0.25) is 0 Å². The van der Waals surface area contributed by atoms with Gasteiger partial charge in [0.25, 0.3) is 0 Å². The largest absolute Gasteiger partial charge is 0.478 e. The Morgan fingerprint density at radius 3 is 2.60 bits per heavy atom. The molecular weight excluding hydrogens is 256 g/mol. The minimum atomic E-state index is -0.927. The molecule has 1 aromatic heterocycles. The zero-order chi connectivity index (χ0) is 14.8. The predicted molar refractivity (Wildman–Crippen MR) is 77.4 cm³/mol. The number of anilines is 1. The molecule has 1 aliphatic rings. The normalized spacial score (nSPS) is 18.1. The molecule has 5 nitrogen and oxygen atoms in total.